The summed E-state index contributed by atoms with van der Waals surface area (Å²) < 4.78 is 0. The SMILES string of the molecule is CCCCNC1C=C2CCCC(O)C2(C)CC1. The molecule has 0 amide bonds. The predicted octanol–water partition coefficient (Wildman–Crippen LogP) is 3.02. The quantitative estimate of drug-likeness (QED) is 0.582. The summed E-state index contributed by atoms with van der Waals surface area (Å²) >= 11 is 0. The van der Waals surface area contributed by atoms with Gasteiger partial charge in [-0.2, -0.15) is 0 Å². The fourth-order valence-electron chi connectivity index (χ4n) is 3.31. The lowest BCUT2D eigenvalue weighted by molar-refractivity contribution is 0.0239. The molecule has 2 rings (SSSR count). The molecule has 2 heteroatoms. The predicted molar refractivity (Wildman–Crippen MR) is 72.0 cm³/mol. The maximum absolute atomic E-state index is 10.2. The first kappa shape index (κ1) is 13.1. The van der Waals surface area contributed by atoms with Crippen LogP contribution in [0.15, 0.2) is 11.6 Å². The average molecular weight is 237 g/mol. The molecule has 3 atom stereocenters. The highest BCUT2D eigenvalue weighted by Gasteiger charge is 2.41. The van der Waals surface area contributed by atoms with E-state index in [0.29, 0.717) is 6.04 Å². The molecule has 0 bridgehead atoms. The first-order valence-corrected chi connectivity index (χ1v) is 7.29. The van der Waals surface area contributed by atoms with Crippen LogP contribution in [0, 0.1) is 5.41 Å². The van der Waals surface area contributed by atoms with Gasteiger partial charge in [0.05, 0.1) is 6.10 Å². The van der Waals surface area contributed by atoms with E-state index in [1.165, 1.54) is 31.3 Å². The van der Waals surface area contributed by atoms with Crippen LogP contribution in [0.2, 0.25) is 0 Å². The lowest BCUT2D eigenvalue weighted by Crippen LogP contribution is -2.43. The molecule has 0 spiro atoms. The minimum absolute atomic E-state index is 0.0845. The van der Waals surface area contributed by atoms with Gasteiger partial charge in [0.2, 0.25) is 0 Å². The lowest BCUT2D eigenvalue weighted by Gasteiger charge is -2.45. The molecule has 0 heterocycles. The molecule has 0 aromatic carbocycles. The Kier molecular flexibility index (Phi) is 4.26. The summed E-state index contributed by atoms with van der Waals surface area (Å²) in [7, 11) is 0. The van der Waals surface area contributed by atoms with E-state index in [9.17, 15) is 5.11 Å². The molecule has 2 nitrogen and oxygen atoms in total. The zero-order chi connectivity index (χ0) is 12.3. The van der Waals surface area contributed by atoms with Crippen LogP contribution in [0.25, 0.3) is 0 Å². The van der Waals surface area contributed by atoms with Gasteiger partial charge in [0.25, 0.3) is 0 Å². The topological polar surface area (TPSA) is 32.3 Å². The number of rotatable bonds is 4. The number of hydrogen-bond acceptors (Lipinski definition) is 2. The molecule has 3 unspecified atom stereocenters. The van der Waals surface area contributed by atoms with E-state index in [4.69, 9.17) is 0 Å². The third-order valence-corrected chi connectivity index (χ3v) is 4.71. The van der Waals surface area contributed by atoms with Crippen molar-refractivity contribution in [3.63, 3.8) is 0 Å². The first-order chi connectivity index (χ1) is 8.16. The Morgan fingerprint density at radius 3 is 3.06 bits per heavy atom. The normalized spacial score (nSPS) is 37.5. The number of hydrogen-bond donors (Lipinski definition) is 2. The van der Waals surface area contributed by atoms with Crippen molar-refractivity contribution < 1.29 is 5.11 Å². The number of unbranched alkanes of at least 4 members (excludes halogenated alkanes) is 1. The van der Waals surface area contributed by atoms with Gasteiger partial charge in [-0.05, 0) is 45.1 Å². The zero-order valence-electron chi connectivity index (χ0n) is 11.3. The lowest BCUT2D eigenvalue weighted by atomic mass is 9.63. The van der Waals surface area contributed by atoms with Gasteiger partial charge in [-0.3, -0.25) is 0 Å². The Hall–Kier alpha value is -0.340. The molecule has 2 N–H and O–H groups in total. The second-order valence-corrected chi connectivity index (χ2v) is 5.97. The fourth-order valence-corrected chi connectivity index (χ4v) is 3.31. The maximum atomic E-state index is 10.2. The third kappa shape index (κ3) is 2.74. The molecule has 0 saturated heterocycles. The highest BCUT2D eigenvalue weighted by atomic mass is 16.3. The highest BCUT2D eigenvalue weighted by molar-refractivity contribution is 5.24. The van der Waals surface area contributed by atoms with Crippen molar-refractivity contribution in [2.75, 3.05) is 6.54 Å². The van der Waals surface area contributed by atoms with E-state index in [0.717, 1.165) is 25.8 Å². The van der Waals surface area contributed by atoms with Gasteiger partial charge >= 0.3 is 0 Å². The molecule has 0 aliphatic heterocycles. The number of aliphatic hydroxyl groups is 1. The van der Waals surface area contributed by atoms with Crippen LogP contribution in [-0.2, 0) is 0 Å². The van der Waals surface area contributed by atoms with Crippen molar-refractivity contribution >= 4 is 0 Å². The van der Waals surface area contributed by atoms with Crippen LogP contribution in [0.1, 0.15) is 58.8 Å². The van der Waals surface area contributed by atoms with E-state index in [1.54, 1.807) is 0 Å². The molecule has 1 fully saturated rings. The van der Waals surface area contributed by atoms with Crippen LogP contribution in [0.5, 0.6) is 0 Å². The van der Waals surface area contributed by atoms with Crippen LogP contribution < -0.4 is 5.32 Å². The fraction of sp³-hybridized carbons (Fsp3) is 0.867. The largest absolute Gasteiger partial charge is 0.392 e. The van der Waals surface area contributed by atoms with Crippen molar-refractivity contribution in [3.05, 3.63) is 11.6 Å². The summed E-state index contributed by atoms with van der Waals surface area (Å²) in [6, 6.07) is 0.551. The molecule has 2 aliphatic rings. The summed E-state index contributed by atoms with van der Waals surface area (Å²) in [5.41, 5.74) is 1.60. The van der Waals surface area contributed by atoms with Crippen LogP contribution in [-0.4, -0.2) is 23.8 Å². The van der Waals surface area contributed by atoms with Crippen molar-refractivity contribution in [2.45, 2.75) is 70.9 Å². The van der Waals surface area contributed by atoms with Gasteiger partial charge in [0.15, 0.2) is 0 Å². The van der Waals surface area contributed by atoms with Crippen molar-refractivity contribution in [1.82, 2.24) is 5.32 Å². The maximum Gasteiger partial charge on any atom is 0.0631 e. The Bertz CT molecular complexity index is 287. The zero-order valence-corrected chi connectivity index (χ0v) is 11.3. The Labute approximate surface area is 105 Å². The molecule has 0 aromatic heterocycles. The third-order valence-electron chi connectivity index (χ3n) is 4.71. The van der Waals surface area contributed by atoms with Gasteiger partial charge in [-0.1, -0.05) is 31.9 Å². The minimum Gasteiger partial charge on any atom is -0.392 e. The summed E-state index contributed by atoms with van der Waals surface area (Å²) in [5.74, 6) is 0. The summed E-state index contributed by atoms with van der Waals surface area (Å²) in [5, 5.41) is 13.8. The summed E-state index contributed by atoms with van der Waals surface area (Å²) in [6.07, 6.45) is 10.5. The van der Waals surface area contributed by atoms with Crippen LogP contribution >= 0.6 is 0 Å². The second-order valence-electron chi connectivity index (χ2n) is 5.97. The van der Waals surface area contributed by atoms with E-state index < -0.39 is 0 Å². The highest BCUT2D eigenvalue weighted by Crippen LogP contribution is 2.47. The molecule has 0 radical (unpaired) electrons. The van der Waals surface area contributed by atoms with Gasteiger partial charge in [-0.25, -0.2) is 0 Å². The molecular formula is C15H27NO. The van der Waals surface area contributed by atoms with Gasteiger partial charge in [0.1, 0.15) is 0 Å². The molecule has 0 aromatic rings. The van der Waals surface area contributed by atoms with E-state index in [-0.39, 0.29) is 11.5 Å². The van der Waals surface area contributed by atoms with Crippen LogP contribution in [0.3, 0.4) is 0 Å². The minimum atomic E-state index is -0.112. The number of nitrogens with one attached hydrogen (secondary N) is 1. The summed E-state index contributed by atoms with van der Waals surface area (Å²) in [6.45, 7) is 5.62. The van der Waals surface area contributed by atoms with Crippen molar-refractivity contribution in [1.29, 1.82) is 0 Å². The van der Waals surface area contributed by atoms with Crippen molar-refractivity contribution in [2.24, 2.45) is 5.41 Å². The van der Waals surface area contributed by atoms with E-state index >= 15 is 0 Å². The smallest absolute Gasteiger partial charge is 0.0631 e. The second kappa shape index (κ2) is 5.53. The molecule has 17 heavy (non-hydrogen) atoms. The average Bonchev–Trinajstić information content (AvgIpc) is 2.32. The number of fused-ring (bicyclic) bond motifs is 1. The molecule has 1 saturated carbocycles. The Balaban J connectivity index is 1.98. The standard InChI is InChI=1S/C15H27NO/c1-3-4-10-16-13-8-9-15(2)12(11-13)6-5-7-14(15)17/h11,13-14,16-17H,3-10H2,1-2H3. The monoisotopic (exact) mass is 237 g/mol. The first-order valence-electron chi connectivity index (χ1n) is 7.29. The van der Waals surface area contributed by atoms with Crippen molar-refractivity contribution in [3.8, 4) is 0 Å². The Morgan fingerprint density at radius 1 is 1.47 bits per heavy atom. The van der Waals surface area contributed by atoms with Gasteiger partial charge in [-0.15, -0.1) is 0 Å². The molecule has 2 aliphatic carbocycles. The van der Waals surface area contributed by atoms with E-state index in [1.807, 2.05) is 0 Å². The number of aliphatic hydroxyl groups excluding tert-OH is 1. The van der Waals surface area contributed by atoms with Crippen LogP contribution in [0.4, 0.5) is 0 Å². The Morgan fingerprint density at radius 2 is 2.29 bits per heavy atom. The summed E-state index contributed by atoms with van der Waals surface area (Å²) in [4.78, 5) is 0. The van der Waals surface area contributed by atoms with Gasteiger partial charge < -0.3 is 10.4 Å². The molecule has 98 valence electrons. The molecular weight excluding hydrogens is 210 g/mol. The van der Waals surface area contributed by atoms with E-state index in [2.05, 4.69) is 25.2 Å². The van der Waals surface area contributed by atoms with Gasteiger partial charge in [0, 0.05) is 11.5 Å².